The van der Waals surface area contributed by atoms with Crippen molar-refractivity contribution in [3.05, 3.63) is 88.9 Å². The molecule has 0 N–H and O–H groups in total. The summed E-state index contributed by atoms with van der Waals surface area (Å²) in [6, 6.07) is 23.4. The van der Waals surface area contributed by atoms with Gasteiger partial charge in [0.2, 0.25) is 5.95 Å². The summed E-state index contributed by atoms with van der Waals surface area (Å²) in [4.78, 5) is 22.6. The van der Waals surface area contributed by atoms with E-state index in [0.29, 0.717) is 24.7 Å². The van der Waals surface area contributed by atoms with Crippen molar-refractivity contribution in [3.8, 4) is 11.4 Å². The summed E-state index contributed by atoms with van der Waals surface area (Å²) in [6.07, 6.45) is 0. The average molecular weight is 497 g/mol. The fraction of sp³-hybridized carbons (Fsp3) is 0.214. The lowest BCUT2D eigenvalue weighted by molar-refractivity contribution is 0.0672. The second-order valence-corrected chi connectivity index (χ2v) is 9.67. The van der Waals surface area contributed by atoms with Gasteiger partial charge >= 0.3 is 0 Å². The summed E-state index contributed by atoms with van der Waals surface area (Å²) in [6.45, 7) is 5.93. The van der Waals surface area contributed by atoms with E-state index in [9.17, 15) is 4.79 Å². The topological polar surface area (TPSA) is 66.6 Å². The van der Waals surface area contributed by atoms with Crippen LogP contribution in [0.15, 0.2) is 72.8 Å². The normalized spacial score (nSPS) is 16.1. The number of aryl methyl sites for hydroxylation is 1. The molecule has 1 saturated heterocycles. The molecule has 1 atom stereocenters. The largest absolute Gasteiger partial charge is 0.338 e. The Bertz CT molecular complexity index is 1600. The van der Waals surface area contributed by atoms with Gasteiger partial charge in [0, 0.05) is 47.2 Å². The Balaban J connectivity index is 1.43. The van der Waals surface area contributed by atoms with Crippen LogP contribution in [0.25, 0.3) is 27.9 Å². The Kier molecular flexibility index (Phi) is 5.57. The predicted molar refractivity (Wildman–Crippen MR) is 143 cm³/mol. The van der Waals surface area contributed by atoms with Gasteiger partial charge < -0.3 is 9.80 Å². The molecule has 180 valence electrons. The molecular formula is C28H25ClN6O. The minimum Gasteiger partial charge on any atom is -0.338 e. The quantitative estimate of drug-likeness (QED) is 0.341. The van der Waals surface area contributed by atoms with Crippen LogP contribution in [-0.2, 0) is 0 Å². The zero-order valence-electron chi connectivity index (χ0n) is 20.1. The van der Waals surface area contributed by atoms with Crippen molar-refractivity contribution in [3.63, 3.8) is 0 Å². The van der Waals surface area contributed by atoms with Crippen LogP contribution < -0.4 is 4.90 Å². The van der Waals surface area contributed by atoms with Crippen molar-refractivity contribution >= 4 is 40.0 Å². The summed E-state index contributed by atoms with van der Waals surface area (Å²) in [5.74, 6) is 1.55. The van der Waals surface area contributed by atoms with Crippen LogP contribution >= 0.6 is 11.6 Å². The molecule has 2 aromatic heterocycles. The SMILES string of the molecule is Cc1ccccc1C(=O)N1CCN(c2nc3cc(Cl)ccc3c3nnc(-c4ccccc4)n23)CC1C. The van der Waals surface area contributed by atoms with Gasteiger partial charge in [-0.25, -0.2) is 9.38 Å². The van der Waals surface area contributed by atoms with Gasteiger partial charge in [-0.05, 0) is 43.7 Å². The van der Waals surface area contributed by atoms with Gasteiger partial charge in [-0.15, -0.1) is 10.2 Å². The molecule has 1 aliphatic heterocycles. The lowest BCUT2D eigenvalue weighted by Crippen LogP contribution is -2.54. The first-order valence-electron chi connectivity index (χ1n) is 12.0. The lowest BCUT2D eigenvalue weighted by Gasteiger charge is -2.40. The summed E-state index contributed by atoms with van der Waals surface area (Å²) in [5, 5.41) is 10.6. The van der Waals surface area contributed by atoms with E-state index in [0.717, 1.165) is 45.0 Å². The zero-order valence-corrected chi connectivity index (χ0v) is 20.9. The number of carbonyl (C=O) groups excluding carboxylic acids is 1. The zero-order chi connectivity index (χ0) is 24.8. The van der Waals surface area contributed by atoms with E-state index in [1.54, 1.807) is 0 Å². The maximum atomic E-state index is 13.3. The highest BCUT2D eigenvalue weighted by atomic mass is 35.5. The molecule has 0 saturated carbocycles. The highest BCUT2D eigenvalue weighted by Crippen LogP contribution is 2.31. The molecule has 3 aromatic carbocycles. The molecule has 6 rings (SSSR count). The number of halogens is 1. The van der Waals surface area contributed by atoms with E-state index in [1.165, 1.54) is 0 Å². The van der Waals surface area contributed by atoms with Crippen LogP contribution in [0.5, 0.6) is 0 Å². The molecule has 0 spiro atoms. The Morgan fingerprint density at radius 2 is 1.75 bits per heavy atom. The fourth-order valence-corrected chi connectivity index (χ4v) is 5.15. The van der Waals surface area contributed by atoms with Gasteiger partial charge in [0.25, 0.3) is 5.91 Å². The Morgan fingerprint density at radius 1 is 0.972 bits per heavy atom. The molecule has 1 aliphatic rings. The molecule has 0 radical (unpaired) electrons. The predicted octanol–water partition coefficient (Wildman–Crippen LogP) is 5.26. The van der Waals surface area contributed by atoms with Gasteiger partial charge in [-0.2, -0.15) is 0 Å². The number of amides is 1. The number of rotatable bonds is 3. The van der Waals surface area contributed by atoms with Crippen molar-refractivity contribution in [2.75, 3.05) is 24.5 Å². The standard InChI is InChI=1S/C28H25ClN6O/c1-18-8-6-7-11-22(18)27(36)34-15-14-33(17-19(34)2)28-30-24-16-21(29)12-13-23(24)26-32-31-25(35(26)28)20-9-4-3-5-10-20/h3-13,16,19H,14-15,17H2,1-2H3. The number of nitrogens with zero attached hydrogens (tertiary/aromatic N) is 6. The van der Waals surface area contributed by atoms with Gasteiger partial charge in [0.15, 0.2) is 11.5 Å². The molecule has 8 heteroatoms. The second kappa shape index (κ2) is 8.91. The Labute approximate surface area is 214 Å². The second-order valence-electron chi connectivity index (χ2n) is 9.23. The maximum Gasteiger partial charge on any atom is 0.254 e. The molecule has 3 heterocycles. The summed E-state index contributed by atoms with van der Waals surface area (Å²) < 4.78 is 2.02. The Hall–Kier alpha value is -3.97. The van der Waals surface area contributed by atoms with Crippen LogP contribution in [0.2, 0.25) is 5.02 Å². The van der Waals surface area contributed by atoms with E-state index >= 15 is 0 Å². The number of piperazine rings is 1. The van der Waals surface area contributed by atoms with Crippen molar-refractivity contribution < 1.29 is 4.79 Å². The number of fused-ring (bicyclic) bond motifs is 3. The van der Waals surface area contributed by atoms with Gasteiger partial charge in [-0.1, -0.05) is 60.1 Å². The van der Waals surface area contributed by atoms with Crippen molar-refractivity contribution in [2.45, 2.75) is 19.9 Å². The van der Waals surface area contributed by atoms with Gasteiger partial charge in [0.1, 0.15) is 0 Å². The van der Waals surface area contributed by atoms with Crippen LogP contribution in [0.3, 0.4) is 0 Å². The Morgan fingerprint density at radius 3 is 2.53 bits per heavy atom. The number of hydrogen-bond donors (Lipinski definition) is 0. The first kappa shape index (κ1) is 22.5. The number of carbonyl (C=O) groups is 1. The molecule has 1 fully saturated rings. The minimum atomic E-state index is -0.00517. The van der Waals surface area contributed by atoms with Crippen LogP contribution in [0.1, 0.15) is 22.8 Å². The maximum absolute atomic E-state index is 13.3. The number of aromatic nitrogens is 4. The fourth-order valence-electron chi connectivity index (χ4n) is 4.99. The first-order chi connectivity index (χ1) is 17.5. The van der Waals surface area contributed by atoms with Crippen LogP contribution in [0, 0.1) is 6.92 Å². The first-order valence-corrected chi connectivity index (χ1v) is 12.4. The van der Waals surface area contributed by atoms with Crippen molar-refractivity contribution in [1.29, 1.82) is 0 Å². The lowest BCUT2D eigenvalue weighted by atomic mass is 10.1. The number of hydrogen-bond acceptors (Lipinski definition) is 5. The third-order valence-corrected chi connectivity index (χ3v) is 7.10. The van der Waals surface area contributed by atoms with Crippen molar-refractivity contribution in [2.24, 2.45) is 0 Å². The molecule has 5 aromatic rings. The average Bonchev–Trinajstić information content (AvgIpc) is 3.34. The molecule has 0 aliphatic carbocycles. The highest BCUT2D eigenvalue weighted by molar-refractivity contribution is 6.31. The third kappa shape index (κ3) is 3.76. The highest BCUT2D eigenvalue weighted by Gasteiger charge is 2.31. The molecule has 1 unspecified atom stereocenters. The summed E-state index contributed by atoms with van der Waals surface area (Å²) in [7, 11) is 0. The molecule has 0 bridgehead atoms. The van der Waals surface area contributed by atoms with E-state index < -0.39 is 0 Å². The summed E-state index contributed by atoms with van der Waals surface area (Å²) >= 11 is 6.32. The van der Waals surface area contributed by atoms with E-state index in [2.05, 4.69) is 22.0 Å². The minimum absolute atomic E-state index is 0.00517. The number of anilines is 1. The number of benzene rings is 3. The van der Waals surface area contributed by atoms with E-state index in [-0.39, 0.29) is 11.9 Å². The monoisotopic (exact) mass is 496 g/mol. The van der Waals surface area contributed by atoms with Crippen LogP contribution in [0.4, 0.5) is 5.95 Å². The van der Waals surface area contributed by atoms with Crippen molar-refractivity contribution in [1.82, 2.24) is 24.5 Å². The van der Waals surface area contributed by atoms with Gasteiger partial charge in [0.05, 0.1) is 5.52 Å². The third-order valence-electron chi connectivity index (χ3n) is 6.86. The van der Waals surface area contributed by atoms with Crippen LogP contribution in [-0.4, -0.2) is 56.1 Å². The molecule has 1 amide bonds. The smallest absolute Gasteiger partial charge is 0.254 e. The summed E-state index contributed by atoms with van der Waals surface area (Å²) in [5.41, 5.74) is 4.20. The molecule has 36 heavy (non-hydrogen) atoms. The molecule has 7 nitrogen and oxygen atoms in total. The van der Waals surface area contributed by atoms with E-state index in [1.807, 2.05) is 89.0 Å². The van der Waals surface area contributed by atoms with Gasteiger partial charge in [-0.3, -0.25) is 4.79 Å². The molecular weight excluding hydrogens is 472 g/mol. The van der Waals surface area contributed by atoms with E-state index in [4.69, 9.17) is 16.6 Å².